The van der Waals surface area contributed by atoms with Gasteiger partial charge >= 0.3 is 0 Å². The fourth-order valence-corrected chi connectivity index (χ4v) is 2.75. The van der Waals surface area contributed by atoms with E-state index < -0.39 is 0 Å². The quantitative estimate of drug-likeness (QED) is 0.757. The molecule has 0 heterocycles. The number of unbranched alkanes of at least 4 members (excludes halogenated alkanes) is 1. The van der Waals surface area contributed by atoms with E-state index in [2.05, 4.69) is 11.4 Å². The molecule has 0 saturated heterocycles. The Morgan fingerprint density at radius 2 is 2.09 bits per heavy atom. The maximum atomic E-state index is 11.9. The molecule has 0 spiro atoms. The van der Waals surface area contributed by atoms with Crippen LogP contribution in [0.2, 0.25) is 0 Å². The summed E-state index contributed by atoms with van der Waals surface area (Å²) >= 11 is 0. The van der Waals surface area contributed by atoms with Gasteiger partial charge in [0.15, 0.2) is 0 Å². The van der Waals surface area contributed by atoms with E-state index in [1.807, 2.05) is 6.07 Å². The second-order valence-electron chi connectivity index (χ2n) is 6.02. The van der Waals surface area contributed by atoms with E-state index in [0.717, 1.165) is 38.5 Å². The van der Waals surface area contributed by atoms with Crippen LogP contribution in [0.25, 0.3) is 0 Å². The van der Waals surface area contributed by atoms with Crippen molar-refractivity contribution in [2.24, 2.45) is 0 Å². The average Bonchev–Trinajstić information content (AvgIpc) is 2.57. The number of hydrogen-bond donors (Lipinski definition) is 2. The Labute approximate surface area is 137 Å². The molecule has 23 heavy (non-hydrogen) atoms. The molecule has 1 saturated carbocycles. The second kappa shape index (κ2) is 9.16. The molecular formula is C18H24N2O3. The van der Waals surface area contributed by atoms with Crippen LogP contribution < -0.4 is 10.1 Å². The molecule has 5 nitrogen and oxygen atoms in total. The van der Waals surface area contributed by atoms with E-state index in [0.29, 0.717) is 24.3 Å². The third kappa shape index (κ3) is 6.29. The summed E-state index contributed by atoms with van der Waals surface area (Å²) in [6, 6.07) is 9.36. The normalized spacial score (nSPS) is 20.5. The summed E-state index contributed by atoms with van der Waals surface area (Å²) in [6.07, 6.45) is 5.17. The molecule has 0 aliphatic heterocycles. The SMILES string of the molecule is N#Cc1cccc(OCCCCC(=O)NC2CCC(O)CC2)c1. The van der Waals surface area contributed by atoms with Crippen LogP contribution in [0, 0.1) is 11.3 Å². The van der Waals surface area contributed by atoms with E-state index in [1.54, 1.807) is 18.2 Å². The summed E-state index contributed by atoms with van der Waals surface area (Å²) in [6.45, 7) is 0.539. The number of nitrogens with zero attached hydrogens (tertiary/aromatic N) is 1. The van der Waals surface area contributed by atoms with Gasteiger partial charge in [-0.05, 0) is 56.7 Å². The minimum absolute atomic E-state index is 0.0814. The molecule has 1 aliphatic carbocycles. The molecule has 0 bridgehead atoms. The highest BCUT2D eigenvalue weighted by Crippen LogP contribution is 2.18. The molecule has 1 aromatic rings. The summed E-state index contributed by atoms with van der Waals surface area (Å²) in [5, 5.41) is 21.3. The summed E-state index contributed by atoms with van der Waals surface area (Å²) < 4.78 is 5.58. The highest BCUT2D eigenvalue weighted by molar-refractivity contribution is 5.76. The Bertz CT molecular complexity index is 545. The lowest BCUT2D eigenvalue weighted by Gasteiger charge is -2.26. The first kappa shape index (κ1) is 17.3. The van der Waals surface area contributed by atoms with E-state index in [-0.39, 0.29) is 18.1 Å². The number of nitrogens with one attached hydrogen (secondary N) is 1. The van der Waals surface area contributed by atoms with Crippen molar-refractivity contribution in [1.82, 2.24) is 5.32 Å². The first-order chi connectivity index (χ1) is 11.2. The third-order valence-electron chi connectivity index (χ3n) is 4.09. The summed E-state index contributed by atoms with van der Waals surface area (Å²) in [5.41, 5.74) is 0.583. The van der Waals surface area contributed by atoms with Crippen molar-refractivity contribution >= 4 is 5.91 Å². The number of nitriles is 1. The standard InChI is InChI=1S/C18H24N2O3/c19-13-14-4-3-5-17(12-14)23-11-2-1-6-18(22)20-15-7-9-16(21)10-8-15/h3-5,12,15-16,21H,1-2,6-11H2,(H,20,22). The number of rotatable bonds is 7. The van der Waals surface area contributed by atoms with E-state index in [1.165, 1.54) is 0 Å². The van der Waals surface area contributed by atoms with Gasteiger partial charge < -0.3 is 15.2 Å². The molecule has 0 aromatic heterocycles. The highest BCUT2D eigenvalue weighted by atomic mass is 16.5. The van der Waals surface area contributed by atoms with Gasteiger partial charge in [0, 0.05) is 12.5 Å². The maximum absolute atomic E-state index is 11.9. The Morgan fingerprint density at radius 1 is 1.30 bits per heavy atom. The molecular weight excluding hydrogens is 292 g/mol. The summed E-state index contributed by atoms with van der Waals surface area (Å²) in [7, 11) is 0. The predicted molar refractivity (Wildman–Crippen MR) is 86.9 cm³/mol. The monoisotopic (exact) mass is 316 g/mol. The average molecular weight is 316 g/mol. The zero-order chi connectivity index (χ0) is 16.5. The van der Waals surface area contributed by atoms with Crippen molar-refractivity contribution in [3.05, 3.63) is 29.8 Å². The summed E-state index contributed by atoms with van der Waals surface area (Å²) in [4.78, 5) is 11.9. The molecule has 5 heteroatoms. The van der Waals surface area contributed by atoms with Crippen LogP contribution in [0.1, 0.15) is 50.5 Å². The molecule has 1 fully saturated rings. The van der Waals surface area contributed by atoms with Gasteiger partial charge in [0.25, 0.3) is 0 Å². The van der Waals surface area contributed by atoms with Crippen molar-refractivity contribution in [2.45, 2.75) is 57.1 Å². The molecule has 2 rings (SSSR count). The Balaban J connectivity index is 1.56. The highest BCUT2D eigenvalue weighted by Gasteiger charge is 2.20. The van der Waals surface area contributed by atoms with Gasteiger partial charge in [0.2, 0.25) is 5.91 Å². The second-order valence-corrected chi connectivity index (χ2v) is 6.02. The molecule has 0 unspecified atom stereocenters. The number of aliphatic hydroxyl groups excluding tert-OH is 1. The van der Waals surface area contributed by atoms with Crippen LogP contribution in [-0.2, 0) is 4.79 Å². The van der Waals surface area contributed by atoms with Gasteiger partial charge in [-0.3, -0.25) is 4.79 Å². The maximum Gasteiger partial charge on any atom is 0.220 e. The van der Waals surface area contributed by atoms with Crippen LogP contribution in [-0.4, -0.2) is 29.8 Å². The molecule has 1 aliphatic rings. The van der Waals surface area contributed by atoms with Crippen molar-refractivity contribution in [3.63, 3.8) is 0 Å². The van der Waals surface area contributed by atoms with Crippen LogP contribution in [0.3, 0.4) is 0 Å². The van der Waals surface area contributed by atoms with Gasteiger partial charge in [-0.15, -0.1) is 0 Å². The number of amides is 1. The number of hydrogen-bond acceptors (Lipinski definition) is 4. The van der Waals surface area contributed by atoms with Crippen LogP contribution >= 0.6 is 0 Å². The Kier molecular flexibility index (Phi) is 6.89. The molecule has 0 atom stereocenters. The topological polar surface area (TPSA) is 82.3 Å². The molecule has 124 valence electrons. The molecule has 2 N–H and O–H groups in total. The van der Waals surface area contributed by atoms with E-state index in [9.17, 15) is 9.90 Å². The van der Waals surface area contributed by atoms with Crippen molar-refractivity contribution < 1.29 is 14.6 Å². The van der Waals surface area contributed by atoms with Gasteiger partial charge in [0.05, 0.1) is 24.3 Å². The fourth-order valence-electron chi connectivity index (χ4n) is 2.75. The third-order valence-corrected chi connectivity index (χ3v) is 4.09. The van der Waals surface area contributed by atoms with Crippen LogP contribution in [0.4, 0.5) is 0 Å². The minimum Gasteiger partial charge on any atom is -0.494 e. The fraction of sp³-hybridized carbons (Fsp3) is 0.556. The molecule has 1 aromatic carbocycles. The van der Waals surface area contributed by atoms with Crippen molar-refractivity contribution in [1.29, 1.82) is 5.26 Å². The van der Waals surface area contributed by atoms with Crippen LogP contribution in [0.15, 0.2) is 24.3 Å². The van der Waals surface area contributed by atoms with Crippen molar-refractivity contribution in [2.75, 3.05) is 6.61 Å². The Hall–Kier alpha value is -2.06. The van der Waals surface area contributed by atoms with Gasteiger partial charge in [-0.2, -0.15) is 5.26 Å². The van der Waals surface area contributed by atoms with Gasteiger partial charge in [0.1, 0.15) is 5.75 Å². The first-order valence-corrected chi connectivity index (χ1v) is 8.28. The van der Waals surface area contributed by atoms with E-state index >= 15 is 0 Å². The van der Waals surface area contributed by atoms with Crippen LogP contribution in [0.5, 0.6) is 5.75 Å². The number of carbonyl (C=O) groups is 1. The number of aliphatic hydroxyl groups is 1. The lowest BCUT2D eigenvalue weighted by Crippen LogP contribution is -2.38. The predicted octanol–water partition coefficient (Wildman–Crippen LogP) is 2.53. The molecule has 0 radical (unpaired) electrons. The lowest BCUT2D eigenvalue weighted by molar-refractivity contribution is -0.122. The van der Waals surface area contributed by atoms with E-state index in [4.69, 9.17) is 10.00 Å². The first-order valence-electron chi connectivity index (χ1n) is 8.28. The Morgan fingerprint density at radius 3 is 2.83 bits per heavy atom. The zero-order valence-electron chi connectivity index (χ0n) is 13.3. The lowest BCUT2D eigenvalue weighted by atomic mass is 9.93. The summed E-state index contributed by atoms with van der Waals surface area (Å²) in [5.74, 6) is 0.770. The minimum atomic E-state index is -0.195. The number of ether oxygens (including phenoxy) is 1. The molecule has 1 amide bonds. The van der Waals surface area contributed by atoms with Gasteiger partial charge in [-0.1, -0.05) is 6.07 Å². The van der Waals surface area contributed by atoms with Gasteiger partial charge in [-0.25, -0.2) is 0 Å². The largest absolute Gasteiger partial charge is 0.494 e. The number of benzene rings is 1. The van der Waals surface area contributed by atoms with Crippen molar-refractivity contribution in [3.8, 4) is 11.8 Å². The zero-order valence-corrected chi connectivity index (χ0v) is 13.3. The smallest absolute Gasteiger partial charge is 0.220 e. The number of carbonyl (C=O) groups excluding carboxylic acids is 1.